The Morgan fingerprint density at radius 3 is 1.90 bits per heavy atom. The molecule has 7 heteroatoms. The first-order chi connectivity index (χ1) is 20.0. The Kier molecular flexibility index (Phi) is 7.75. The smallest absolute Gasteiger partial charge is 0.338 e. The van der Waals surface area contributed by atoms with Crippen LogP contribution in [0.25, 0.3) is 0 Å². The summed E-state index contributed by atoms with van der Waals surface area (Å²) in [5.74, 6) is 0.832. The third-order valence-electron chi connectivity index (χ3n) is 7.69. The summed E-state index contributed by atoms with van der Waals surface area (Å²) < 4.78 is 30.5. The van der Waals surface area contributed by atoms with E-state index in [0.717, 1.165) is 23.6 Å². The zero-order valence-corrected chi connectivity index (χ0v) is 24.4. The fourth-order valence-electron chi connectivity index (χ4n) is 5.60. The second-order valence-electron chi connectivity index (χ2n) is 10.3. The van der Waals surface area contributed by atoms with E-state index in [2.05, 4.69) is 107 Å². The van der Waals surface area contributed by atoms with Gasteiger partial charge < -0.3 is 9.08 Å². The fraction of sp³-hybridized carbons (Fsp3) is 0.176. The highest BCUT2D eigenvalue weighted by atomic mass is 32.2. The standard InChI is InChI=1S/C34H32N2O3S2/c1-26-17-19-31(20-18-26)41(37,38)39-23-21-30-22-24-40-33-32(25-36(30)33)35-34(27-11-5-2-6-12-27,28-13-7-3-8-14-28)29-15-9-4-10-16-29/h2-23,32-33,35H,24-25H2,1H3/b23-21+. The van der Waals surface area contributed by atoms with E-state index in [4.69, 9.17) is 4.18 Å². The maximum atomic E-state index is 12.6. The van der Waals surface area contributed by atoms with Crippen molar-refractivity contribution in [1.29, 1.82) is 0 Å². The van der Waals surface area contributed by atoms with Crippen LogP contribution in [0.3, 0.4) is 0 Å². The molecule has 1 saturated heterocycles. The second-order valence-corrected chi connectivity index (χ2v) is 13.0. The monoisotopic (exact) mass is 580 g/mol. The number of fused-ring (bicyclic) bond motifs is 1. The third kappa shape index (κ3) is 5.45. The Bertz CT molecular complexity index is 1540. The van der Waals surface area contributed by atoms with Crippen molar-refractivity contribution in [3.05, 3.63) is 162 Å². The molecule has 0 amide bonds. The molecule has 2 aliphatic rings. The quantitative estimate of drug-likeness (QED) is 0.140. The van der Waals surface area contributed by atoms with Crippen LogP contribution in [-0.2, 0) is 19.8 Å². The van der Waals surface area contributed by atoms with E-state index in [1.165, 1.54) is 23.0 Å². The lowest BCUT2D eigenvalue weighted by Crippen LogP contribution is -2.68. The lowest BCUT2D eigenvalue weighted by atomic mass is 9.76. The van der Waals surface area contributed by atoms with Crippen LogP contribution in [-0.4, -0.2) is 37.0 Å². The molecular weight excluding hydrogens is 549 g/mol. The average Bonchev–Trinajstić information content (AvgIpc) is 3.00. The molecule has 0 aliphatic carbocycles. The Labute approximate surface area is 246 Å². The first-order valence-electron chi connectivity index (χ1n) is 13.7. The van der Waals surface area contributed by atoms with E-state index < -0.39 is 15.7 Å². The highest BCUT2D eigenvalue weighted by molar-refractivity contribution is 8.00. The summed E-state index contributed by atoms with van der Waals surface area (Å²) in [5.41, 5.74) is 4.97. The molecule has 6 rings (SSSR count). The summed E-state index contributed by atoms with van der Waals surface area (Å²) in [5, 5.41) is 4.30. The molecule has 1 fully saturated rings. The number of benzene rings is 4. The molecule has 0 spiro atoms. The van der Waals surface area contributed by atoms with Crippen LogP contribution in [0.15, 0.2) is 144 Å². The zero-order valence-electron chi connectivity index (χ0n) is 22.8. The largest absolute Gasteiger partial charge is 0.387 e. The van der Waals surface area contributed by atoms with Crippen molar-refractivity contribution in [3.8, 4) is 0 Å². The van der Waals surface area contributed by atoms with Crippen molar-refractivity contribution in [2.75, 3.05) is 12.3 Å². The van der Waals surface area contributed by atoms with Crippen molar-refractivity contribution in [2.24, 2.45) is 0 Å². The Hall–Kier alpha value is -3.78. The van der Waals surface area contributed by atoms with Gasteiger partial charge in [-0.15, -0.1) is 11.8 Å². The van der Waals surface area contributed by atoms with Gasteiger partial charge in [-0.25, -0.2) is 0 Å². The summed E-state index contributed by atoms with van der Waals surface area (Å²) in [6.07, 6.45) is 5.17. The predicted molar refractivity (Wildman–Crippen MR) is 166 cm³/mol. The van der Waals surface area contributed by atoms with Crippen LogP contribution in [0.2, 0.25) is 0 Å². The molecule has 4 aromatic carbocycles. The van der Waals surface area contributed by atoms with Gasteiger partial charge in [0.05, 0.1) is 17.0 Å². The molecule has 2 aliphatic heterocycles. The first-order valence-corrected chi connectivity index (χ1v) is 16.1. The van der Waals surface area contributed by atoms with Crippen molar-refractivity contribution in [2.45, 2.75) is 28.8 Å². The van der Waals surface area contributed by atoms with E-state index in [-0.39, 0.29) is 16.3 Å². The molecular formula is C34H32N2O3S2. The molecule has 5 nitrogen and oxygen atoms in total. The lowest BCUT2D eigenvalue weighted by Gasteiger charge is -2.55. The molecule has 0 saturated carbocycles. The van der Waals surface area contributed by atoms with E-state index >= 15 is 0 Å². The van der Waals surface area contributed by atoms with Crippen LogP contribution < -0.4 is 5.32 Å². The van der Waals surface area contributed by atoms with Crippen molar-refractivity contribution >= 4 is 21.9 Å². The fourth-order valence-corrected chi connectivity index (χ4v) is 7.62. The van der Waals surface area contributed by atoms with Gasteiger partial charge in [-0.2, -0.15) is 8.42 Å². The van der Waals surface area contributed by atoms with Crippen LogP contribution >= 0.6 is 11.8 Å². The van der Waals surface area contributed by atoms with Gasteiger partial charge in [0.15, 0.2) is 0 Å². The Morgan fingerprint density at radius 2 is 1.37 bits per heavy atom. The molecule has 0 bridgehead atoms. The highest BCUT2D eigenvalue weighted by Gasteiger charge is 2.47. The number of aryl methyl sites for hydroxylation is 1. The van der Waals surface area contributed by atoms with Gasteiger partial charge in [0.25, 0.3) is 0 Å². The summed E-state index contributed by atoms with van der Waals surface area (Å²) in [6, 6.07) is 38.7. The zero-order chi connectivity index (χ0) is 28.3. The van der Waals surface area contributed by atoms with E-state index in [0.29, 0.717) is 0 Å². The topological polar surface area (TPSA) is 58.6 Å². The molecule has 4 aromatic rings. The van der Waals surface area contributed by atoms with Gasteiger partial charge in [0, 0.05) is 18.0 Å². The third-order valence-corrected chi connectivity index (χ3v) is 10.2. The molecule has 2 atom stereocenters. The van der Waals surface area contributed by atoms with Crippen LogP contribution in [0.1, 0.15) is 22.3 Å². The summed E-state index contributed by atoms with van der Waals surface area (Å²) >= 11 is 1.88. The molecule has 41 heavy (non-hydrogen) atoms. The molecule has 2 heterocycles. The van der Waals surface area contributed by atoms with Crippen LogP contribution in [0.5, 0.6) is 0 Å². The van der Waals surface area contributed by atoms with Gasteiger partial charge in [-0.3, -0.25) is 5.32 Å². The van der Waals surface area contributed by atoms with Crippen molar-refractivity contribution < 1.29 is 12.6 Å². The van der Waals surface area contributed by atoms with E-state index in [9.17, 15) is 8.42 Å². The summed E-state index contributed by atoms with van der Waals surface area (Å²) in [6.45, 7) is 2.70. The lowest BCUT2D eigenvalue weighted by molar-refractivity contribution is 0.127. The maximum Gasteiger partial charge on any atom is 0.338 e. The minimum Gasteiger partial charge on any atom is -0.387 e. The van der Waals surface area contributed by atoms with Gasteiger partial charge in [-0.05, 0) is 41.8 Å². The molecule has 1 N–H and O–H groups in total. The molecule has 2 unspecified atom stereocenters. The number of hydrogen-bond donors (Lipinski definition) is 1. The Morgan fingerprint density at radius 1 is 0.829 bits per heavy atom. The highest BCUT2D eigenvalue weighted by Crippen LogP contribution is 2.42. The minimum atomic E-state index is -3.87. The van der Waals surface area contributed by atoms with Crippen molar-refractivity contribution in [3.63, 3.8) is 0 Å². The minimum absolute atomic E-state index is 0.145. The number of thioether (sulfide) groups is 1. The molecule has 0 aromatic heterocycles. The van der Waals surface area contributed by atoms with Gasteiger partial charge in [-0.1, -0.05) is 115 Å². The summed E-state index contributed by atoms with van der Waals surface area (Å²) in [4.78, 5) is 2.45. The number of nitrogens with zero attached hydrogens (tertiary/aromatic N) is 1. The average molecular weight is 581 g/mol. The molecule has 0 radical (unpaired) electrons. The summed E-state index contributed by atoms with van der Waals surface area (Å²) in [7, 11) is -3.87. The number of allylic oxidation sites excluding steroid dienone is 1. The second kappa shape index (κ2) is 11.6. The SMILES string of the molecule is Cc1ccc(S(=O)(=O)O/C=C/C2=CCSC3C(NC(c4ccccc4)(c4ccccc4)c4ccccc4)CN23)cc1. The Balaban J connectivity index is 1.25. The number of rotatable bonds is 9. The number of hydrogen-bond acceptors (Lipinski definition) is 6. The van der Waals surface area contributed by atoms with Crippen molar-refractivity contribution in [1.82, 2.24) is 10.2 Å². The number of nitrogens with one attached hydrogen (secondary N) is 1. The van der Waals surface area contributed by atoms with E-state index in [1.807, 2.05) is 18.7 Å². The normalized spacial score (nSPS) is 18.9. The van der Waals surface area contributed by atoms with Gasteiger partial charge in [0.2, 0.25) is 0 Å². The van der Waals surface area contributed by atoms with E-state index in [1.54, 1.807) is 30.3 Å². The van der Waals surface area contributed by atoms with Crippen LogP contribution in [0, 0.1) is 6.92 Å². The predicted octanol–water partition coefficient (Wildman–Crippen LogP) is 6.44. The van der Waals surface area contributed by atoms with Gasteiger partial charge in [0.1, 0.15) is 11.2 Å². The maximum absolute atomic E-state index is 12.6. The first kappa shape index (κ1) is 27.4. The van der Waals surface area contributed by atoms with Gasteiger partial charge >= 0.3 is 10.1 Å². The molecule has 208 valence electrons. The van der Waals surface area contributed by atoms with Crippen LogP contribution in [0.4, 0.5) is 0 Å².